The molecule has 0 N–H and O–H groups in total. The van der Waals surface area contributed by atoms with E-state index in [-0.39, 0.29) is 0 Å². The van der Waals surface area contributed by atoms with Gasteiger partial charge in [0, 0.05) is 29.5 Å². The summed E-state index contributed by atoms with van der Waals surface area (Å²) in [5.74, 6) is 0.732. The average Bonchev–Trinajstić information content (AvgIpc) is 2.92. The molecule has 0 aliphatic heterocycles. The Morgan fingerprint density at radius 3 is 2.90 bits per heavy atom. The maximum absolute atomic E-state index is 6.01. The first-order valence-electron chi connectivity index (χ1n) is 6.03. The van der Waals surface area contributed by atoms with Crippen LogP contribution in [-0.4, -0.2) is 24.6 Å². The Balaban J connectivity index is 1.99. The van der Waals surface area contributed by atoms with Crippen molar-refractivity contribution in [3.05, 3.63) is 54.1 Å². The van der Waals surface area contributed by atoms with E-state index in [1.807, 2.05) is 34.7 Å². The molecule has 3 aromatic heterocycles. The zero-order chi connectivity index (χ0) is 13.5. The lowest BCUT2D eigenvalue weighted by atomic mass is 10.1. The third-order valence-electron chi connectivity index (χ3n) is 3.15. The molecule has 3 heterocycles. The number of benzene rings is 1. The summed E-state index contributed by atoms with van der Waals surface area (Å²) < 4.78 is 1.83. The first-order chi connectivity index (χ1) is 9.83. The first kappa shape index (κ1) is 11.3. The van der Waals surface area contributed by atoms with E-state index in [1.165, 1.54) is 0 Å². The molecule has 0 atom stereocenters. The van der Waals surface area contributed by atoms with E-state index < -0.39 is 0 Å². The lowest BCUT2D eigenvalue weighted by Crippen LogP contribution is -1.91. The highest BCUT2D eigenvalue weighted by molar-refractivity contribution is 6.32. The molecule has 1 aromatic carbocycles. The molecule has 0 saturated heterocycles. The van der Waals surface area contributed by atoms with Gasteiger partial charge in [0.1, 0.15) is 0 Å². The molecule has 0 radical (unpaired) electrons. The van der Waals surface area contributed by atoms with E-state index in [4.69, 9.17) is 11.6 Å². The van der Waals surface area contributed by atoms with Crippen molar-refractivity contribution in [2.75, 3.05) is 0 Å². The average molecular weight is 282 g/mol. The molecule has 0 saturated carbocycles. The van der Waals surface area contributed by atoms with Gasteiger partial charge in [0.05, 0.1) is 5.52 Å². The van der Waals surface area contributed by atoms with E-state index >= 15 is 0 Å². The highest BCUT2D eigenvalue weighted by atomic mass is 35.5. The lowest BCUT2D eigenvalue weighted by molar-refractivity contribution is 1.11. The second-order valence-corrected chi connectivity index (χ2v) is 4.70. The van der Waals surface area contributed by atoms with Crippen LogP contribution in [0.2, 0.25) is 5.15 Å². The molecular weight excluding hydrogens is 274 g/mol. The standard InChI is InChI=1S/C14H8ClN5/c15-12-14-19-18-13(20(14)7-6-17-12)10-3-4-11-9(8-10)2-1-5-16-11/h1-8H. The molecule has 5 nitrogen and oxygen atoms in total. The molecule has 20 heavy (non-hydrogen) atoms. The van der Waals surface area contributed by atoms with Crippen LogP contribution >= 0.6 is 11.6 Å². The molecule has 0 spiro atoms. The quantitative estimate of drug-likeness (QED) is 0.538. The Labute approximate surface area is 118 Å². The summed E-state index contributed by atoms with van der Waals surface area (Å²) in [5, 5.41) is 9.68. The number of pyridine rings is 1. The van der Waals surface area contributed by atoms with E-state index in [2.05, 4.69) is 20.2 Å². The predicted octanol–water partition coefficient (Wildman–Crippen LogP) is 2.99. The molecular formula is C14H8ClN5. The SMILES string of the molecule is Clc1nccn2c(-c3ccc4ncccc4c3)nnc12. The van der Waals surface area contributed by atoms with Crippen LogP contribution in [0.25, 0.3) is 27.9 Å². The van der Waals surface area contributed by atoms with Gasteiger partial charge in [0.25, 0.3) is 0 Å². The van der Waals surface area contributed by atoms with Gasteiger partial charge in [0.15, 0.2) is 16.6 Å². The van der Waals surface area contributed by atoms with Gasteiger partial charge in [-0.15, -0.1) is 10.2 Å². The van der Waals surface area contributed by atoms with Crippen LogP contribution in [-0.2, 0) is 0 Å². The molecule has 6 heteroatoms. The second-order valence-electron chi connectivity index (χ2n) is 4.35. The van der Waals surface area contributed by atoms with Gasteiger partial charge in [-0.05, 0) is 24.3 Å². The number of nitrogens with zero attached hydrogens (tertiary/aromatic N) is 5. The van der Waals surface area contributed by atoms with Crippen molar-refractivity contribution in [2.24, 2.45) is 0 Å². The van der Waals surface area contributed by atoms with Crippen molar-refractivity contribution < 1.29 is 0 Å². The summed E-state index contributed by atoms with van der Waals surface area (Å²) in [6, 6.07) is 9.90. The molecule has 0 aliphatic rings. The van der Waals surface area contributed by atoms with Crippen molar-refractivity contribution in [2.45, 2.75) is 0 Å². The van der Waals surface area contributed by atoms with Crippen molar-refractivity contribution in [3.8, 4) is 11.4 Å². The lowest BCUT2D eigenvalue weighted by Gasteiger charge is -2.02. The number of halogens is 1. The van der Waals surface area contributed by atoms with E-state index in [0.29, 0.717) is 10.8 Å². The molecule has 0 aliphatic carbocycles. The Hall–Kier alpha value is -2.53. The van der Waals surface area contributed by atoms with Crippen LogP contribution in [0.1, 0.15) is 0 Å². The number of aromatic nitrogens is 5. The number of hydrogen-bond donors (Lipinski definition) is 0. The summed E-state index contributed by atoms with van der Waals surface area (Å²) in [5.41, 5.74) is 2.46. The topological polar surface area (TPSA) is 56.0 Å². The van der Waals surface area contributed by atoms with E-state index in [9.17, 15) is 0 Å². The zero-order valence-electron chi connectivity index (χ0n) is 10.2. The van der Waals surface area contributed by atoms with Gasteiger partial charge in [-0.2, -0.15) is 0 Å². The van der Waals surface area contributed by atoms with E-state index in [0.717, 1.165) is 22.3 Å². The summed E-state index contributed by atoms with van der Waals surface area (Å²) >= 11 is 6.01. The smallest absolute Gasteiger partial charge is 0.198 e. The van der Waals surface area contributed by atoms with Crippen molar-refractivity contribution >= 4 is 28.2 Å². The monoisotopic (exact) mass is 281 g/mol. The van der Waals surface area contributed by atoms with Gasteiger partial charge in [0.2, 0.25) is 0 Å². The Kier molecular flexibility index (Phi) is 2.40. The van der Waals surface area contributed by atoms with Crippen molar-refractivity contribution in [3.63, 3.8) is 0 Å². The van der Waals surface area contributed by atoms with Crippen LogP contribution in [0.3, 0.4) is 0 Å². The minimum atomic E-state index is 0.341. The molecule has 4 aromatic rings. The van der Waals surface area contributed by atoms with Crippen molar-refractivity contribution in [1.82, 2.24) is 24.6 Å². The minimum absolute atomic E-state index is 0.341. The van der Waals surface area contributed by atoms with Gasteiger partial charge >= 0.3 is 0 Å². The molecule has 4 rings (SSSR count). The third kappa shape index (κ3) is 1.64. The second kappa shape index (κ2) is 4.25. The maximum Gasteiger partial charge on any atom is 0.198 e. The fraction of sp³-hybridized carbons (Fsp3) is 0. The summed E-state index contributed by atoms with van der Waals surface area (Å²) in [6.45, 7) is 0. The first-order valence-corrected chi connectivity index (χ1v) is 6.41. The fourth-order valence-corrected chi connectivity index (χ4v) is 2.39. The van der Waals surface area contributed by atoms with Crippen molar-refractivity contribution in [1.29, 1.82) is 0 Å². The van der Waals surface area contributed by atoms with Gasteiger partial charge in [-0.25, -0.2) is 4.98 Å². The highest BCUT2D eigenvalue weighted by Gasteiger charge is 2.11. The van der Waals surface area contributed by atoms with Crippen LogP contribution in [0.5, 0.6) is 0 Å². The summed E-state index contributed by atoms with van der Waals surface area (Å²) in [6.07, 6.45) is 5.20. The molecule has 0 bridgehead atoms. The predicted molar refractivity (Wildman–Crippen MR) is 76.5 cm³/mol. The highest BCUT2D eigenvalue weighted by Crippen LogP contribution is 2.24. The minimum Gasteiger partial charge on any atom is -0.278 e. The number of hydrogen-bond acceptors (Lipinski definition) is 4. The van der Waals surface area contributed by atoms with Crippen LogP contribution in [0.4, 0.5) is 0 Å². The number of rotatable bonds is 1. The maximum atomic E-state index is 6.01. The summed E-state index contributed by atoms with van der Waals surface area (Å²) in [4.78, 5) is 8.30. The van der Waals surface area contributed by atoms with Gasteiger partial charge < -0.3 is 0 Å². The Bertz CT molecular complexity index is 931. The Morgan fingerprint density at radius 1 is 1.00 bits per heavy atom. The third-order valence-corrected chi connectivity index (χ3v) is 3.41. The number of fused-ring (bicyclic) bond motifs is 2. The van der Waals surface area contributed by atoms with Crippen LogP contribution in [0.15, 0.2) is 48.9 Å². The van der Waals surface area contributed by atoms with E-state index in [1.54, 1.807) is 18.6 Å². The fourth-order valence-electron chi connectivity index (χ4n) is 2.21. The molecule has 96 valence electrons. The normalized spacial score (nSPS) is 11.2. The van der Waals surface area contributed by atoms with Gasteiger partial charge in [-0.3, -0.25) is 9.38 Å². The summed E-state index contributed by atoms with van der Waals surface area (Å²) in [7, 11) is 0. The van der Waals surface area contributed by atoms with Crippen LogP contribution in [0, 0.1) is 0 Å². The largest absolute Gasteiger partial charge is 0.278 e. The molecule has 0 unspecified atom stereocenters. The van der Waals surface area contributed by atoms with Crippen LogP contribution < -0.4 is 0 Å². The molecule has 0 fully saturated rings. The van der Waals surface area contributed by atoms with Gasteiger partial charge in [-0.1, -0.05) is 17.7 Å². The molecule has 0 amide bonds. The zero-order valence-corrected chi connectivity index (χ0v) is 11.0. The Morgan fingerprint density at radius 2 is 1.95 bits per heavy atom.